The Hall–Kier alpha value is -0.260. The van der Waals surface area contributed by atoms with Gasteiger partial charge in [0.1, 0.15) is 0 Å². The van der Waals surface area contributed by atoms with Gasteiger partial charge in [-0.15, -0.1) is 0 Å². The van der Waals surface area contributed by atoms with E-state index >= 15 is 0 Å². The SMILES string of the molecule is O=C(O)CCSCC1COC2(CCCC2)O1. The standard InChI is InChI=1S/C11H18O4S/c12-10(13)3-6-16-8-9-7-14-11(15-9)4-1-2-5-11/h9H,1-8H2,(H,12,13). The Morgan fingerprint density at radius 1 is 1.44 bits per heavy atom. The van der Waals surface area contributed by atoms with Gasteiger partial charge < -0.3 is 14.6 Å². The van der Waals surface area contributed by atoms with E-state index in [0.29, 0.717) is 12.4 Å². The van der Waals surface area contributed by atoms with Crippen molar-refractivity contribution in [1.82, 2.24) is 0 Å². The highest BCUT2D eigenvalue weighted by Crippen LogP contribution is 2.39. The molecule has 1 atom stereocenters. The molecule has 92 valence electrons. The minimum atomic E-state index is -0.733. The molecule has 1 saturated carbocycles. The Morgan fingerprint density at radius 3 is 2.88 bits per heavy atom. The Balaban J connectivity index is 1.63. The zero-order valence-corrected chi connectivity index (χ0v) is 10.1. The third kappa shape index (κ3) is 3.12. The molecular weight excluding hydrogens is 228 g/mol. The lowest BCUT2D eigenvalue weighted by molar-refractivity contribution is -0.159. The topological polar surface area (TPSA) is 55.8 Å². The van der Waals surface area contributed by atoms with Crippen LogP contribution < -0.4 is 0 Å². The molecule has 0 radical (unpaired) electrons. The number of carboxylic acids is 1. The Labute approximate surface area is 99.7 Å². The monoisotopic (exact) mass is 246 g/mol. The summed E-state index contributed by atoms with van der Waals surface area (Å²) in [6.45, 7) is 0.667. The molecule has 1 unspecified atom stereocenters. The molecule has 1 aliphatic heterocycles. The minimum absolute atomic E-state index is 0.150. The highest BCUT2D eigenvalue weighted by Gasteiger charge is 2.43. The summed E-state index contributed by atoms with van der Waals surface area (Å²) in [5, 5.41) is 8.50. The molecule has 1 heterocycles. The predicted octanol–water partition coefficient (Wildman–Crippen LogP) is 1.88. The molecule has 0 aromatic heterocycles. The first-order valence-corrected chi connectivity index (χ1v) is 6.97. The van der Waals surface area contributed by atoms with Gasteiger partial charge in [-0.05, 0) is 12.8 Å². The van der Waals surface area contributed by atoms with Crippen LogP contribution in [0.1, 0.15) is 32.1 Å². The predicted molar refractivity (Wildman–Crippen MR) is 61.6 cm³/mol. The largest absolute Gasteiger partial charge is 0.481 e. The van der Waals surface area contributed by atoms with Crippen molar-refractivity contribution >= 4 is 17.7 Å². The van der Waals surface area contributed by atoms with Gasteiger partial charge in [-0.1, -0.05) is 0 Å². The van der Waals surface area contributed by atoms with Gasteiger partial charge in [-0.3, -0.25) is 4.79 Å². The van der Waals surface area contributed by atoms with Crippen LogP contribution in [0.4, 0.5) is 0 Å². The molecule has 0 aromatic rings. The second kappa shape index (κ2) is 5.38. The fraction of sp³-hybridized carbons (Fsp3) is 0.909. The number of ether oxygens (including phenoxy) is 2. The quantitative estimate of drug-likeness (QED) is 0.751. The molecule has 2 aliphatic rings. The first-order valence-electron chi connectivity index (χ1n) is 5.81. The van der Waals surface area contributed by atoms with E-state index in [2.05, 4.69) is 0 Å². The van der Waals surface area contributed by atoms with Crippen LogP contribution >= 0.6 is 11.8 Å². The number of thioether (sulfide) groups is 1. The van der Waals surface area contributed by atoms with Gasteiger partial charge in [0.15, 0.2) is 5.79 Å². The molecule has 4 nitrogen and oxygen atoms in total. The number of aliphatic carboxylic acids is 1. The van der Waals surface area contributed by atoms with Crippen molar-refractivity contribution in [3.05, 3.63) is 0 Å². The van der Waals surface area contributed by atoms with Crippen LogP contribution in [-0.2, 0) is 14.3 Å². The Morgan fingerprint density at radius 2 is 2.19 bits per heavy atom. The van der Waals surface area contributed by atoms with Crippen LogP contribution in [0.15, 0.2) is 0 Å². The fourth-order valence-corrected chi connectivity index (χ4v) is 3.16. The lowest BCUT2D eigenvalue weighted by Gasteiger charge is -2.21. The number of hydrogen-bond acceptors (Lipinski definition) is 4. The first-order chi connectivity index (χ1) is 7.70. The number of carboxylic acid groups (broad SMARTS) is 1. The summed E-state index contributed by atoms with van der Waals surface area (Å²) >= 11 is 1.64. The van der Waals surface area contributed by atoms with Gasteiger partial charge in [0, 0.05) is 24.3 Å². The van der Waals surface area contributed by atoms with Crippen LogP contribution in [0.3, 0.4) is 0 Å². The first kappa shape index (κ1) is 12.2. The van der Waals surface area contributed by atoms with E-state index in [9.17, 15) is 4.79 Å². The maximum Gasteiger partial charge on any atom is 0.304 e. The fourth-order valence-electron chi connectivity index (χ4n) is 2.25. The maximum absolute atomic E-state index is 10.3. The summed E-state index contributed by atoms with van der Waals surface area (Å²) in [5.74, 6) is 0.485. The van der Waals surface area contributed by atoms with Crippen LogP contribution in [-0.4, -0.2) is 41.1 Å². The van der Waals surface area contributed by atoms with E-state index in [4.69, 9.17) is 14.6 Å². The molecular formula is C11H18O4S. The van der Waals surface area contributed by atoms with Gasteiger partial charge in [-0.25, -0.2) is 0 Å². The van der Waals surface area contributed by atoms with E-state index in [1.807, 2.05) is 0 Å². The molecule has 2 fully saturated rings. The van der Waals surface area contributed by atoms with E-state index in [1.54, 1.807) is 11.8 Å². The molecule has 1 spiro atoms. The average molecular weight is 246 g/mol. The molecule has 1 aliphatic carbocycles. The second-order valence-electron chi connectivity index (χ2n) is 4.39. The van der Waals surface area contributed by atoms with Crippen molar-refractivity contribution in [3.8, 4) is 0 Å². The molecule has 2 rings (SSSR count). The van der Waals surface area contributed by atoms with Gasteiger partial charge in [0.25, 0.3) is 0 Å². The normalized spacial score (nSPS) is 27.6. The highest BCUT2D eigenvalue weighted by molar-refractivity contribution is 7.99. The van der Waals surface area contributed by atoms with Gasteiger partial charge >= 0.3 is 5.97 Å². The maximum atomic E-state index is 10.3. The van der Waals surface area contributed by atoms with Crippen molar-refractivity contribution in [2.24, 2.45) is 0 Å². The summed E-state index contributed by atoms with van der Waals surface area (Å²) in [4.78, 5) is 10.3. The van der Waals surface area contributed by atoms with Crippen molar-refractivity contribution in [2.45, 2.75) is 44.0 Å². The van der Waals surface area contributed by atoms with Crippen LogP contribution in [0, 0.1) is 0 Å². The number of hydrogen-bond donors (Lipinski definition) is 1. The van der Waals surface area contributed by atoms with Crippen molar-refractivity contribution in [3.63, 3.8) is 0 Å². The molecule has 5 heteroatoms. The average Bonchev–Trinajstić information content (AvgIpc) is 2.85. The number of carbonyl (C=O) groups is 1. The lowest BCUT2D eigenvalue weighted by atomic mass is 10.2. The molecule has 1 saturated heterocycles. The number of rotatable bonds is 5. The zero-order valence-electron chi connectivity index (χ0n) is 9.31. The third-order valence-corrected chi connectivity index (χ3v) is 4.14. The van der Waals surface area contributed by atoms with Crippen LogP contribution in [0.5, 0.6) is 0 Å². The zero-order chi connectivity index (χ0) is 11.4. The molecule has 0 amide bonds. The van der Waals surface area contributed by atoms with Gasteiger partial charge in [-0.2, -0.15) is 11.8 Å². The molecule has 0 aromatic carbocycles. The summed E-state index contributed by atoms with van der Waals surface area (Å²) in [5.41, 5.74) is 0. The van der Waals surface area contributed by atoms with E-state index in [-0.39, 0.29) is 18.3 Å². The minimum Gasteiger partial charge on any atom is -0.481 e. The van der Waals surface area contributed by atoms with E-state index in [0.717, 1.165) is 18.6 Å². The van der Waals surface area contributed by atoms with Crippen LogP contribution in [0.2, 0.25) is 0 Å². The third-order valence-electron chi connectivity index (χ3n) is 3.04. The summed E-state index contributed by atoms with van der Waals surface area (Å²) in [7, 11) is 0. The van der Waals surface area contributed by atoms with Crippen molar-refractivity contribution < 1.29 is 19.4 Å². The highest BCUT2D eigenvalue weighted by atomic mass is 32.2. The van der Waals surface area contributed by atoms with Crippen molar-refractivity contribution in [1.29, 1.82) is 0 Å². The smallest absolute Gasteiger partial charge is 0.304 e. The molecule has 16 heavy (non-hydrogen) atoms. The second-order valence-corrected chi connectivity index (χ2v) is 5.54. The summed E-state index contributed by atoms with van der Waals surface area (Å²) in [6, 6.07) is 0. The summed E-state index contributed by atoms with van der Waals surface area (Å²) < 4.78 is 11.7. The Kier molecular flexibility index (Phi) is 4.10. The van der Waals surface area contributed by atoms with Gasteiger partial charge in [0.2, 0.25) is 0 Å². The van der Waals surface area contributed by atoms with Gasteiger partial charge in [0.05, 0.1) is 19.1 Å². The Bertz CT molecular complexity index is 250. The van der Waals surface area contributed by atoms with E-state index < -0.39 is 5.97 Å². The summed E-state index contributed by atoms with van der Waals surface area (Å²) in [6.07, 6.45) is 4.80. The lowest BCUT2D eigenvalue weighted by Crippen LogP contribution is -2.27. The van der Waals surface area contributed by atoms with Crippen molar-refractivity contribution in [2.75, 3.05) is 18.1 Å². The molecule has 1 N–H and O–H groups in total. The van der Waals surface area contributed by atoms with E-state index in [1.165, 1.54) is 12.8 Å². The van der Waals surface area contributed by atoms with Crippen LogP contribution in [0.25, 0.3) is 0 Å². The molecule has 0 bridgehead atoms.